The molecular weight excluding hydrogens is 242 g/mol. The van der Waals surface area contributed by atoms with Gasteiger partial charge in [0.05, 0.1) is 6.42 Å². The summed E-state index contributed by atoms with van der Waals surface area (Å²) < 4.78 is 0. The molecular formula is C15H21NO3. The van der Waals surface area contributed by atoms with E-state index < -0.39 is 11.5 Å². The van der Waals surface area contributed by atoms with Gasteiger partial charge in [0.2, 0.25) is 5.91 Å². The second-order valence-electron chi connectivity index (χ2n) is 5.41. The summed E-state index contributed by atoms with van der Waals surface area (Å²) in [6.45, 7) is 7.05. The first kappa shape index (κ1) is 15.2. The molecule has 0 atom stereocenters. The molecule has 1 rings (SSSR count). The molecule has 1 aromatic carbocycles. The summed E-state index contributed by atoms with van der Waals surface area (Å²) in [4.78, 5) is 24.5. The molecule has 1 N–H and O–H groups in total. The molecule has 0 spiro atoms. The fraction of sp³-hybridized carbons (Fsp3) is 0.467. The molecule has 1 amide bonds. The molecule has 0 aliphatic rings. The number of hydrogen-bond donors (Lipinski definition) is 1. The lowest BCUT2D eigenvalue weighted by atomic mass is 10.0. The van der Waals surface area contributed by atoms with E-state index in [0.717, 1.165) is 11.1 Å². The first-order chi connectivity index (χ1) is 8.66. The molecule has 1 aromatic rings. The Balaban J connectivity index is 2.85. The van der Waals surface area contributed by atoms with Crippen LogP contribution in [-0.4, -0.2) is 34.5 Å². The van der Waals surface area contributed by atoms with Crippen LogP contribution >= 0.6 is 0 Å². The van der Waals surface area contributed by atoms with E-state index in [0.29, 0.717) is 0 Å². The van der Waals surface area contributed by atoms with Gasteiger partial charge in [-0.25, -0.2) is 4.79 Å². The third-order valence-corrected chi connectivity index (χ3v) is 3.66. The maximum absolute atomic E-state index is 12.1. The van der Waals surface area contributed by atoms with E-state index in [1.165, 1.54) is 31.4 Å². The van der Waals surface area contributed by atoms with Crippen molar-refractivity contribution in [2.24, 2.45) is 0 Å². The maximum Gasteiger partial charge on any atom is 0.329 e. The van der Waals surface area contributed by atoms with Crippen molar-refractivity contribution >= 4 is 11.9 Å². The van der Waals surface area contributed by atoms with Crippen LogP contribution < -0.4 is 0 Å². The minimum absolute atomic E-state index is 0.198. The zero-order valence-corrected chi connectivity index (χ0v) is 12.2. The summed E-state index contributed by atoms with van der Waals surface area (Å²) in [6, 6.07) is 5.84. The number of benzene rings is 1. The fourth-order valence-electron chi connectivity index (χ4n) is 1.66. The summed E-state index contributed by atoms with van der Waals surface area (Å²) in [6.07, 6.45) is 0.217. The van der Waals surface area contributed by atoms with Crippen molar-refractivity contribution in [2.45, 2.75) is 39.7 Å². The molecule has 0 aliphatic heterocycles. The van der Waals surface area contributed by atoms with E-state index in [2.05, 4.69) is 0 Å². The van der Waals surface area contributed by atoms with Gasteiger partial charge in [0.1, 0.15) is 5.54 Å². The summed E-state index contributed by atoms with van der Waals surface area (Å²) in [7, 11) is 1.53. The highest BCUT2D eigenvalue weighted by Gasteiger charge is 2.34. The molecule has 0 aromatic heterocycles. The lowest BCUT2D eigenvalue weighted by molar-refractivity contribution is -0.155. The van der Waals surface area contributed by atoms with Crippen molar-refractivity contribution in [3.05, 3.63) is 34.9 Å². The predicted octanol–water partition coefficient (Wildman–Crippen LogP) is 2.17. The number of nitrogens with zero attached hydrogens (tertiary/aromatic N) is 1. The largest absolute Gasteiger partial charge is 0.480 e. The van der Waals surface area contributed by atoms with Gasteiger partial charge < -0.3 is 10.0 Å². The van der Waals surface area contributed by atoms with Gasteiger partial charge in [-0.05, 0) is 44.4 Å². The van der Waals surface area contributed by atoms with E-state index in [4.69, 9.17) is 5.11 Å². The first-order valence-electron chi connectivity index (χ1n) is 6.22. The second kappa shape index (κ2) is 5.43. The van der Waals surface area contributed by atoms with E-state index in [1.54, 1.807) is 0 Å². The molecule has 19 heavy (non-hydrogen) atoms. The number of carboxylic acid groups (broad SMARTS) is 1. The zero-order valence-electron chi connectivity index (χ0n) is 12.2. The summed E-state index contributed by atoms with van der Waals surface area (Å²) in [5, 5.41) is 9.11. The third kappa shape index (κ3) is 3.34. The molecule has 0 bridgehead atoms. The van der Waals surface area contributed by atoms with Crippen LogP contribution in [0.2, 0.25) is 0 Å². The number of rotatable bonds is 4. The van der Waals surface area contributed by atoms with Crippen molar-refractivity contribution in [3.8, 4) is 0 Å². The van der Waals surface area contributed by atoms with Gasteiger partial charge in [-0.3, -0.25) is 4.79 Å². The predicted molar refractivity (Wildman–Crippen MR) is 74.1 cm³/mol. The van der Waals surface area contributed by atoms with Crippen LogP contribution in [-0.2, 0) is 16.0 Å². The highest BCUT2D eigenvalue weighted by molar-refractivity contribution is 5.87. The number of aryl methyl sites for hydroxylation is 2. The number of hydrogen-bond acceptors (Lipinski definition) is 2. The zero-order chi connectivity index (χ0) is 14.8. The Morgan fingerprint density at radius 3 is 2.26 bits per heavy atom. The highest BCUT2D eigenvalue weighted by atomic mass is 16.4. The van der Waals surface area contributed by atoms with Crippen LogP contribution in [0, 0.1) is 13.8 Å². The monoisotopic (exact) mass is 263 g/mol. The molecule has 0 radical (unpaired) electrons. The molecule has 0 saturated heterocycles. The minimum atomic E-state index is -1.20. The van der Waals surface area contributed by atoms with E-state index in [1.807, 2.05) is 32.0 Å². The Morgan fingerprint density at radius 1 is 1.21 bits per heavy atom. The molecule has 0 aliphatic carbocycles. The van der Waals surface area contributed by atoms with Crippen LogP contribution in [0.1, 0.15) is 30.5 Å². The van der Waals surface area contributed by atoms with E-state index in [9.17, 15) is 9.59 Å². The molecule has 104 valence electrons. The number of likely N-dealkylation sites (N-methyl/N-ethyl adjacent to an activating group) is 1. The summed E-state index contributed by atoms with van der Waals surface area (Å²) in [5.74, 6) is -1.21. The van der Waals surface area contributed by atoms with Gasteiger partial charge in [-0.1, -0.05) is 18.2 Å². The standard InChI is InChI=1S/C15H21NO3/c1-10-6-7-12(8-11(10)2)9-13(17)16(5)15(3,4)14(18)19/h6-8H,9H2,1-5H3,(H,18,19). The van der Waals surface area contributed by atoms with Crippen molar-refractivity contribution in [1.29, 1.82) is 0 Å². The maximum atomic E-state index is 12.1. The Labute approximate surface area is 114 Å². The molecule has 4 heteroatoms. The van der Waals surface area contributed by atoms with E-state index in [-0.39, 0.29) is 12.3 Å². The van der Waals surface area contributed by atoms with Gasteiger partial charge in [0, 0.05) is 7.05 Å². The lowest BCUT2D eigenvalue weighted by Crippen LogP contribution is -2.51. The third-order valence-electron chi connectivity index (χ3n) is 3.66. The van der Waals surface area contributed by atoms with Crippen LogP contribution in [0.25, 0.3) is 0 Å². The number of carbonyl (C=O) groups is 2. The Morgan fingerprint density at radius 2 is 1.79 bits per heavy atom. The van der Waals surface area contributed by atoms with Crippen molar-refractivity contribution in [1.82, 2.24) is 4.90 Å². The second-order valence-corrected chi connectivity index (χ2v) is 5.41. The average Bonchev–Trinajstić information content (AvgIpc) is 2.32. The van der Waals surface area contributed by atoms with Gasteiger partial charge in [0.15, 0.2) is 0 Å². The van der Waals surface area contributed by atoms with Crippen LogP contribution in [0.5, 0.6) is 0 Å². The fourth-order valence-corrected chi connectivity index (χ4v) is 1.66. The molecule has 0 unspecified atom stereocenters. The van der Waals surface area contributed by atoms with Crippen molar-refractivity contribution < 1.29 is 14.7 Å². The minimum Gasteiger partial charge on any atom is -0.480 e. The smallest absolute Gasteiger partial charge is 0.329 e. The molecule has 0 fully saturated rings. The SMILES string of the molecule is Cc1ccc(CC(=O)N(C)C(C)(C)C(=O)O)cc1C. The molecule has 0 heterocycles. The number of carbonyl (C=O) groups excluding carboxylic acids is 1. The first-order valence-corrected chi connectivity index (χ1v) is 6.22. The lowest BCUT2D eigenvalue weighted by Gasteiger charge is -2.31. The Hall–Kier alpha value is -1.84. The van der Waals surface area contributed by atoms with Gasteiger partial charge in [-0.15, -0.1) is 0 Å². The number of amides is 1. The molecule has 4 nitrogen and oxygen atoms in total. The normalized spacial score (nSPS) is 11.2. The topological polar surface area (TPSA) is 57.6 Å². The number of carboxylic acids is 1. The average molecular weight is 263 g/mol. The Bertz CT molecular complexity index is 506. The van der Waals surface area contributed by atoms with Gasteiger partial charge >= 0.3 is 5.97 Å². The molecule has 0 saturated carbocycles. The van der Waals surface area contributed by atoms with Crippen LogP contribution in [0.4, 0.5) is 0 Å². The van der Waals surface area contributed by atoms with Crippen LogP contribution in [0.3, 0.4) is 0 Å². The highest BCUT2D eigenvalue weighted by Crippen LogP contribution is 2.16. The van der Waals surface area contributed by atoms with Gasteiger partial charge in [-0.2, -0.15) is 0 Å². The Kier molecular flexibility index (Phi) is 4.35. The quantitative estimate of drug-likeness (QED) is 0.905. The van der Waals surface area contributed by atoms with E-state index >= 15 is 0 Å². The number of aliphatic carboxylic acids is 1. The summed E-state index contributed by atoms with van der Waals surface area (Å²) >= 11 is 0. The van der Waals surface area contributed by atoms with Crippen molar-refractivity contribution in [3.63, 3.8) is 0 Å². The van der Waals surface area contributed by atoms with Crippen molar-refractivity contribution in [2.75, 3.05) is 7.05 Å². The van der Waals surface area contributed by atoms with Crippen LogP contribution in [0.15, 0.2) is 18.2 Å². The van der Waals surface area contributed by atoms with Gasteiger partial charge in [0.25, 0.3) is 0 Å². The summed E-state index contributed by atoms with van der Waals surface area (Å²) in [5.41, 5.74) is 2.01.